The first-order chi connectivity index (χ1) is 8.19. The van der Waals surface area contributed by atoms with E-state index in [2.05, 4.69) is 4.52 Å². The van der Waals surface area contributed by atoms with Crippen LogP contribution in [0.1, 0.15) is 6.42 Å². The summed E-state index contributed by atoms with van der Waals surface area (Å²) in [4.78, 5) is 9.40. The first-order valence-corrected chi connectivity index (χ1v) is 9.04. The van der Waals surface area contributed by atoms with E-state index in [4.69, 9.17) is 21.6 Å². The summed E-state index contributed by atoms with van der Waals surface area (Å²) in [6, 6.07) is -0.631. The molecule has 1 fully saturated rings. The predicted octanol–water partition coefficient (Wildman–Crippen LogP) is 0.956. The lowest BCUT2D eigenvalue weighted by Crippen LogP contribution is -2.27. The van der Waals surface area contributed by atoms with Crippen LogP contribution in [-0.2, 0) is 27.4 Å². The summed E-state index contributed by atoms with van der Waals surface area (Å²) >= 11 is 0. The van der Waals surface area contributed by atoms with Crippen molar-refractivity contribution in [3.63, 3.8) is 0 Å². The van der Waals surface area contributed by atoms with E-state index in [9.17, 15) is 14.0 Å². The van der Waals surface area contributed by atoms with Gasteiger partial charge in [0.1, 0.15) is 7.85 Å². The molecule has 0 aromatic carbocycles. The molecule has 0 bridgehead atoms. The van der Waals surface area contributed by atoms with Gasteiger partial charge in [0.15, 0.2) is 0 Å². The van der Waals surface area contributed by atoms with Crippen LogP contribution >= 0.6 is 15.2 Å². The van der Waals surface area contributed by atoms with Crippen molar-refractivity contribution in [3.8, 4) is 0 Å². The van der Waals surface area contributed by atoms with Gasteiger partial charge >= 0.3 is 15.2 Å². The molecular formula is C8H17BO7P2. The molecule has 0 amide bonds. The molecule has 0 aliphatic carbocycles. The van der Waals surface area contributed by atoms with Crippen LogP contribution in [0.2, 0.25) is 0 Å². The lowest BCUT2D eigenvalue weighted by Gasteiger charge is -2.23. The Morgan fingerprint density at radius 3 is 2.50 bits per heavy atom. The zero-order valence-electron chi connectivity index (χ0n) is 10.5. The molecule has 1 heterocycles. The van der Waals surface area contributed by atoms with Gasteiger partial charge in [0.05, 0.1) is 18.4 Å². The fourth-order valence-electron chi connectivity index (χ4n) is 1.61. The van der Waals surface area contributed by atoms with Gasteiger partial charge in [-0.3, -0.25) is 9.13 Å². The fourth-order valence-corrected chi connectivity index (χ4v) is 3.34. The third-order valence-corrected chi connectivity index (χ3v) is 5.29. The first-order valence-electron chi connectivity index (χ1n) is 5.29. The van der Waals surface area contributed by atoms with E-state index < -0.39 is 33.4 Å². The van der Waals surface area contributed by atoms with E-state index >= 15 is 0 Å². The highest BCUT2D eigenvalue weighted by molar-refractivity contribution is 7.53. The van der Waals surface area contributed by atoms with Crippen molar-refractivity contribution in [2.45, 2.75) is 24.6 Å². The minimum absolute atomic E-state index is 0.272. The average Bonchev–Trinajstić information content (AvgIpc) is 2.57. The van der Waals surface area contributed by atoms with Gasteiger partial charge in [-0.05, 0) is 6.42 Å². The molecule has 18 heavy (non-hydrogen) atoms. The molecule has 2 radical (unpaired) electrons. The Hall–Kier alpha value is 0.325. The Morgan fingerprint density at radius 2 is 2.00 bits per heavy atom. The van der Waals surface area contributed by atoms with Crippen LogP contribution in [0.3, 0.4) is 0 Å². The number of hydrogen-bond acceptors (Lipinski definition) is 6. The smallest absolute Gasteiger partial charge is 0.330 e. The molecule has 1 rings (SSSR count). The second-order valence-electron chi connectivity index (χ2n) is 4.05. The van der Waals surface area contributed by atoms with E-state index in [1.165, 1.54) is 13.8 Å². The van der Waals surface area contributed by atoms with Crippen molar-refractivity contribution in [1.82, 2.24) is 0 Å². The largest absolute Gasteiger partial charge is 0.381 e. The second-order valence-corrected chi connectivity index (χ2v) is 8.17. The lowest BCUT2D eigenvalue weighted by atomic mass is 9.96. The highest BCUT2D eigenvalue weighted by atomic mass is 31.2. The summed E-state index contributed by atoms with van der Waals surface area (Å²) < 4.78 is 42.9. The summed E-state index contributed by atoms with van der Waals surface area (Å²) in [5, 5.41) is 0. The van der Waals surface area contributed by atoms with Crippen LogP contribution in [0.4, 0.5) is 0 Å². The van der Waals surface area contributed by atoms with E-state index in [-0.39, 0.29) is 12.6 Å². The van der Waals surface area contributed by atoms with E-state index in [1.807, 2.05) is 0 Å². The highest BCUT2D eigenvalue weighted by Crippen LogP contribution is 2.49. The number of rotatable bonds is 6. The zero-order valence-corrected chi connectivity index (χ0v) is 12.3. The van der Waals surface area contributed by atoms with Gasteiger partial charge in [-0.25, -0.2) is 0 Å². The molecule has 5 atom stereocenters. The van der Waals surface area contributed by atoms with Crippen LogP contribution in [0.25, 0.3) is 0 Å². The Morgan fingerprint density at radius 1 is 1.39 bits per heavy atom. The van der Waals surface area contributed by atoms with Crippen molar-refractivity contribution >= 4 is 23.0 Å². The van der Waals surface area contributed by atoms with E-state index in [0.29, 0.717) is 0 Å². The normalized spacial score (nSPS) is 35.0. The molecule has 1 saturated heterocycles. The zero-order chi connectivity index (χ0) is 14.0. The molecule has 104 valence electrons. The Kier molecular flexibility index (Phi) is 5.63. The quantitative estimate of drug-likeness (QED) is 0.576. The fraction of sp³-hybridized carbons (Fsp3) is 1.00. The molecule has 5 unspecified atom stereocenters. The lowest BCUT2D eigenvalue weighted by molar-refractivity contribution is 0.0483. The molecular weight excluding hydrogens is 281 g/mol. The van der Waals surface area contributed by atoms with E-state index in [0.717, 1.165) is 7.11 Å². The second kappa shape index (κ2) is 6.18. The summed E-state index contributed by atoms with van der Waals surface area (Å²) in [6.07, 6.45) is -1.41. The van der Waals surface area contributed by atoms with E-state index in [1.54, 1.807) is 0 Å². The van der Waals surface area contributed by atoms with Gasteiger partial charge in [0, 0.05) is 26.9 Å². The Balaban J connectivity index is 2.71. The highest BCUT2D eigenvalue weighted by Gasteiger charge is 2.41. The van der Waals surface area contributed by atoms with Crippen molar-refractivity contribution in [2.75, 3.05) is 27.0 Å². The summed E-state index contributed by atoms with van der Waals surface area (Å²) in [7, 11) is 1.02. The molecule has 7 nitrogen and oxygen atoms in total. The van der Waals surface area contributed by atoms with Crippen LogP contribution in [0.5, 0.6) is 0 Å². The minimum Gasteiger partial charge on any atom is -0.381 e. The standard InChI is InChI=1S/C8H17BO7P2/c1-13-17(3,10)16-6-4-8(9)15-7(6)5-18(11,12)14-2/h6-8H,4-5H2,1-3H3,(H,11,12). The molecule has 1 N–H and O–H groups in total. The third-order valence-electron chi connectivity index (χ3n) is 2.58. The molecule has 0 spiro atoms. The van der Waals surface area contributed by atoms with Gasteiger partial charge in [0.2, 0.25) is 0 Å². The summed E-state index contributed by atoms with van der Waals surface area (Å²) in [6.45, 7) is 1.31. The molecule has 0 aromatic rings. The molecule has 10 heteroatoms. The van der Waals surface area contributed by atoms with Gasteiger partial charge in [-0.1, -0.05) is 0 Å². The van der Waals surface area contributed by atoms with Crippen molar-refractivity contribution in [1.29, 1.82) is 0 Å². The third kappa shape index (κ3) is 4.78. The van der Waals surface area contributed by atoms with Gasteiger partial charge in [-0.2, -0.15) is 0 Å². The Bertz CT molecular complexity index is 342. The summed E-state index contributed by atoms with van der Waals surface area (Å²) in [5.41, 5.74) is 0. The number of ether oxygens (including phenoxy) is 1. The van der Waals surface area contributed by atoms with Crippen molar-refractivity contribution in [3.05, 3.63) is 0 Å². The minimum atomic E-state index is -3.75. The molecule has 1 aliphatic rings. The van der Waals surface area contributed by atoms with Crippen LogP contribution in [-0.4, -0.2) is 58.0 Å². The van der Waals surface area contributed by atoms with Gasteiger partial charge in [-0.15, -0.1) is 0 Å². The maximum absolute atomic E-state index is 11.7. The van der Waals surface area contributed by atoms with Crippen LogP contribution in [0, 0.1) is 0 Å². The predicted molar refractivity (Wildman–Crippen MR) is 66.1 cm³/mol. The van der Waals surface area contributed by atoms with Crippen molar-refractivity contribution in [2.24, 2.45) is 0 Å². The molecule has 0 saturated carbocycles. The van der Waals surface area contributed by atoms with Crippen molar-refractivity contribution < 1.29 is 32.3 Å². The maximum Gasteiger partial charge on any atom is 0.330 e. The number of hydrogen-bond donors (Lipinski definition) is 1. The molecule has 0 aromatic heterocycles. The van der Waals surface area contributed by atoms with Gasteiger partial charge in [0.25, 0.3) is 0 Å². The SMILES string of the molecule is [B]C1CC(OP(C)(=O)OC)C(CP(=O)(O)OC)O1. The molecule has 1 aliphatic heterocycles. The van der Waals surface area contributed by atoms with Crippen LogP contribution in [0.15, 0.2) is 0 Å². The Labute approximate surface area is 108 Å². The summed E-state index contributed by atoms with van der Waals surface area (Å²) in [5.74, 6) is 0. The van der Waals surface area contributed by atoms with Crippen LogP contribution < -0.4 is 0 Å². The van der Waals surface area contributed by atoms with Gasteiger partial charge < -0.3 is 23.2 Å². The maximum atomic E-state index is 11.7. The topological polar surface area (TPSA) is 91.3 Å². The first kappa shape index (κ1) is 16.4. The monoisotopic (exact) mass is 298 g/mol. The average molecular weight is 298 g/mol.